The SMILES string of the molecule is Cc1n[nH]c(C)c1C1CCCN1C(=O)NCCc1c[nH]c2c(C)cccc12. The summed E-state index contributed by atoms with van der Waals surface area (Å²) in [5.41, 5.74) is 6.90. The molecule has 6 nitrogen and oxygen atoms in total. The molecular weight excluding hydrogens is 338 g/mol. The molecule has 2 aromatic heterocycles. The van der Waals surface area contributed by atoms with Crippen molar-refractivity contribution < 1.29 is 4.79 Å². The molecule has 1 aromatic carbocycles. The fraction of sp³-hybridized carbons (Fsp3) is 0.429. The molecular formula is C21H27N5O. The van der Waals surface area contributed by atoms with Crippen molar-refractivity contribution in [2.24, 2.45) is 0 Å². The molecule has 6 heteroatoms. The first-order valence-electron chi connectivity index (χ1n) is 9.67. The van der Waals surface area contributed by atoms with E-state index in [2.05, 4.69) is 51.8 Å². The molecule has 0 radical (unpaired) electrons. The van der Waals surface area contributed by atoms with Crippen LogP contribution in [0.3, 0.4) is 0 Å². The molecule has 0 spiro atoms. The molecule has 3 aromatic rings. The Balaban J connectivity index is 1.41. The lowest BCUT2D eigenvalue weighted by Crippen LogP contribution is -2.40. The summed E-state index contributed by atoms with van der Waals surface area (Å²) in [6.07, 6.45) is 4.90. The van der Waals surface area contributed by atoms with Crippen LogP contribution in [0, 0.1) is 20.8 Å². The molecule has 4 rings (SSSR count). The zero-order valence-corrected chi connectivity index (χ0v) is 16.2. The van der Waals surface area contributed by atoms with Crippen LogP contribution in [0.1, 0.15) is 47.0 Å². The van der Waals surface area contributed by atoms with Gasteiger partial charge < -0.3 is 15.2 Å². The third kappa shape index (κ3) is 3.20. The second kappa shape index (κ2) is 7.10. The molecule has 142 valence electrons. The Bertz CT molecular complexity index is 951. The number of hydrogen-bond acceptors (Lipinski definition) is 2. The number of nitrogens with zero attached hydrogens (tertiary/aromatic N) is 2. The highest BCUT2D eigenvalue weighted by Gasteiger charge is 2.32. The van der Waals surface area contributed by atoms with Crippen LogP contribution in [0.4, 0.5) is 4.79 Å². The topological polar surface area (TPSA) is 76.8 Å². The van der Waals surface area contributed by atoms with Crippen molar-refractivity contribution in [1.82, 2.24) is 25.4 Å². The van der Waals surface area contributed by atoms with Crippen molar-refractivity contribution in [3.63, 3.8) is 0 Å². The Hall–Kier alpha value is -2.76. The van der Waals surface area contributed by atoms with Gasteiger partial charge in [0.2, 0.25) is 0 Å². The zero-order valence-electron chi connectivity index (χ0n) is 16.2. The number of hydrogen-bond donors (Lipinski definition) is 3. The van der Waals surface area contributed by atoms with E-state index in [0.29, 0.717) is 6.54 Å². The normalized spacial score (nSPS) is 17.0. The van der Waals surface area contributed by atoms with E-state index in [4.69, 9.17) is 0 Å². The van der Waals surface area contributed by atoms with Gasteiger partial charge in [0.05, 0.1) is 11.7 Å². The highest BCUT2D eigenvalue weighted by atomic mass is 16.2. The molecule has 3 heterocycles. The molecule has 2 amide bonds. The van der Waals surface area contributed by atoms with Crippen LogP contribution >= 0.6 is 0 Å². The van der Waals surface area contributed by atoms with Gasteiger partial charge in [-0.3, -0.25) is 5.10 Å². The summed E-state index contributed by atoms with van der Waals surface area (Å²) in [4.78, 5) is 18.1. The molecule has 0 saturated carbocycles. The first-order chi connectivity index (χ1) is 13.1. The number of aryl methyl sites for hydroxylation is 3. The summed E-state index contributed by atoms with van der Waals surface area (Å²) in [5.74, 6) is 0. The maximum Gasteiger partial charge on any atom is 0.317 e. The van der Waals surface area contributed by atoms with E-state index in [1.165, 1.54) is 27.6 Å². The molecule has 1 fully saturated rings. The molecule has 0 bridgehead atoms. The largest absolute Gasteiger partial charge is 0.361 e. The molecule has 1 unspecified atom stereocenters. The monoisotopic (exact) mass is 365 g/mol. The first-order valence-corrected chi connectivity index (χ1v) is 9.67. The van der Waals surface area contributed by atoms with Crippen LogP contribution in [-0.2, 0) is 6.42 Å². The number of carbonyl (C=O) groups is 1. The maximum absolute atomic E-state index is 12.8. The fourth-order valence-corrected chi connectivity index (χ4v) is 4.34. The number of carbonyl (C=O) groups excluding carboxylic acids is 1. The number of H-pyrrole nitrogens is 2. The average Bonchev–Trinajstić information content (AvgIpc) is 3.35. The molecule has 1 saturated heterocycles. The number of fused-ring (bicyclic) bond motifs is 1. The van der Waals surface area contributed by atoms with E-state index in [9.17, 15) is 4.79 Å². The summed E-state index contributed by atoms with van der Waals surface area (Å²) in [7, 11) is 0. The number of rotatable bonds is 4. The summed E-state index contributed by atoms with van der Waals surface area (Å²) in [6.45, 7) is 7.58. The zero-order chi connectivity index (χ0) is 19.0. The highest BCUT2D eigenvalue weighted by Crippen LogP contribution is 2.34. The van der Waals surface area contributed by atoms with Crippen LogP contribution in [0.2, 0.25) is 0 Å². The lowest BCUT2D eigenvalue weighted by Gasteiger charge is -2.25. The number of aromatic amines is 2. The molecule has 0 aliphatic carbocycles. The maximum atomic E-state index is 12.8. The fourth-order valence-electron chi connectivity index (χ4n) is 4.34. The number of benzene rings is 1. The smallest absolute Gasteiger partial charge is 0.317 e. The van der Waals surface area contributed by atoms with E-state index in [0.717, 1.165) is 37.2 Å². The third-order valence-corrected chi connectivity index (χ3v) is 5.71. The van der Waals surface area contributed by atoms with Crippen LogP contribution in [-0.4, -0.2) is 39.2 Å². The van der Waals surface area contributed by atoms with Gasteiger partial charge >= 0.3 is 6.03 Å². The van der Waals surface area contributed by atoms with Crippen molar-refractivity contribution in [3.05, 3.63) is 52.5 Å². The van der Waals surface area contributed by atoms with E-state index >= 15 is 0 Å². The van der Waals surface area contributed by atoms with Crippen molar-refractivity contribution in [1.29, 1.82) is 0 Å². The Labute approximate surface area is 159 Å². The van der Waals surface area contributed by atoms with Crippen LogP contribution in [0.25, 0.3) is 10.9 Å². The lowest BCUT2D eigenvalue weighted by atomic mass is 10.0. The Morgan fingerprint density at radius 2 is 2.19 bits per heavy atom. The summed E-state index contributed by atoms with van der Waals surface area (Å²) in [6, 6.07) is 6.47. The molecule has 3 N–H and O–H groups in total. The number of urea groups is 1. The average molecular weight is 365 g/mol. The first kappa shape index (κ1) is 17.6. The Morgan fingerprint density at radius 1 is 1.33 bits per heavy atom. The van der Waals surface area contributed by atoms with E-state index < -0.39 is 0 Å². The van der Waals surface area contributed by atoms with Gasteiger partial charge in [0.15, 0.2) is 0 Å². The van der Waals surface area contributed by atoms with E-state index in [1.54, 1.807) is 0 Å². The number of para-hydroxylation sites is 1. The van der Waals surface area contributed by atoms with Crippen molar-refractivity contribution in [2.75, 3.05) is 13.1 Å². The quantitative estimate of drug-likeness (QED) is 0.656. The van der Waals surface area contributed by atoms with Crippen molar-refractivity contribution in [2.45, 2.75) is 46.1 Å². The second-order valence-electron chi connectivity index (χ2n) is 7.49. The minimum atomic E-state index is 0.0218. The summed E-state index contributed by atoms with van der Waals surface area (Å²) >= 11 is 0. The highest BCUT2D eigenvalue weighted by molar-refractivity contribution is 5.86. The van der Waals surface area contributed by atoms with E-state index in [-0.39, 0.29) is 12.1 Å². The molecule has 1 atom stereocenters. The van der Waals surface area contributed by atoms with Crippen LogP contribution in [0.5, 0.6) is 0 Å². The number of aromatic nitrogens is 3. The predicted molar refractivity (Wildman–Crippen MR) is 107 cm³/mol. The second-order valence-corrected chi connectivity index (χ2v) is 7.49. The van der Waals surface area contributed by atoms with Gasteiger partial charge in [-0.1, -0.05) is 18.2 Å². The minimum absolute atomic E-state index is 0.0218. The van der Waals surface area contributed by atoms with Gasteiger partial charge in [-0.25, -0.2) is 4.79 Å². The standard InChI is InChI=1S/C21H27N5O/c1-13-6-4-7-17-16(12-23-20(13)17)9-10-22-21(27)26-11-5-8-18(26)19-14(2)24-25-15(19)3/h4,6-7,12,18,23H,5,8-11H2,1-3H3,(H,22,27)(H,24,25). The number of nitrogens with one attached hydrogen (secondary N) is 3. The van der Waals surface area contributed by atoms with Crippen LogP contribution < -0.4 is 5.32 Å². The van der Waals surface area contributed by atoms with Gasteiger partial charge in [-0.2, -0.15) is 5.10 Å². The van der Waals surface area contributed by atoms with Crippen molar-refractivity contribution in [3.8, 4) is 0 Å². The van der Waals surface area contributed by atoms with E-state index in [1.807, 2.05) is 18.7 Å². The molecule has 27 heavy (non-hydrogen) atoms. The van der Waals surface area contributed by atoms with Gasteiger partial charge in [0, 0.05) is 41.4 Å². The van der Waals surface area contributed by atoms with Crippen LogP contribution in [0.15, 0.2) is 24.4 Å². The Morgan fingerprint density at radius 3 is 2.96 bits per heavy atom. The number of amides is 2. The molecule has 1 aliphatic rings. The molecule has 1 aliphatic heterocycles. The van der Waals surface area contributed by atoms with Gasteiger partial charge in [-0.05, 0) is 51.2 Å². The summed E-state index contributed by atoms with van der Waals surface area (Å²) < 4.78 is 0. The third-order valence-electron chi connectivity index (χ3n) is 5.71. The van der Waals surface area contributed by atoms with Crippen molar-refractivity contribution >= 4 is 16.9 Å². The van der Waals surface area contributed by atoms with Gasteiger partial charge in [-0.15, -0.1) is 0 Å². The lowest BCUT2D eigenvalue weighted by molar-refractivity contribution is 0.193. The van der Waals surface area contributed by atoms with Gasteiger partial charge in [0.1, 0.15) is 0 Å². The Kier molecular flexibility index (Phi) is 4.64. The predicted octanol–water partition coefficient (Wildman–Crippen LogP) is 3.91. The van der Waals surface area contributed by atoms with Gasteiger partial charge in [0.25, 0.3) is 0 Å². The number of likely N-dealkylation sites (tertiary alicyclic amines) is 1. The summed E-state index contributed by atoms with van der Waals surface area (Å²) in [5, 5.41) is 11.7. The minimum Gasteiger partial charge on any atom is -0.361 e.